The maximum atomic E-state index is 12.3. The minimum atomic E-state index is -0.571. The van der Waals surface area contributed by atoms with Crippen molar-refractivity contribution in [2.75, 3.05) is 40.5 Å². The molecule has 49 heavy (non-hydrogen) atoms. The fourth-order valence-corrected chi connectivity index (χ4v) is 5.49. The Balaban J connectivity index is 4.16. The molecule has 0 aromatic carbocycles. The largest absolute Gasteiger partial charge is 0.508 e. The summed E-state index contributed by atoms with van der Waals surface area (Å²) in [5.41, 5.74) is 0. The monoisotopic (exact) mass is 694 g/mol. The Morgan fingerprint density at radius 1 is 0.531 bits per heavy atom. The van der Waals surface area contributed by atoms with E-state index in [-0.39, 0.29) is 18.0 Å². The first kappa shape index (κ1) is 46.6. The van der Waals surface area contributed by atoms with Gasteiger partial charge in [-0.25, -0.2) is 4.79 Å². The molecular formula is C41H75NO7. The van der Waals surface area contributed by atoms with E-state index < -0.39 is 6.16 Å². The highest BCUT2D eigenvalue weighted by molar-refractivity contribution is 5.69. The molecule has 0 N–H and O–H groups in total. The number of hydrogen-bond donors (Lipinski definition) is 0. The van der Waals surface area contributed by atoms with Gasteiger partial charge in [0.15, 0.2) is 0 Å². The lowest BCUT2D eigenvalue weighted by Crippen LogP contribution is -2.21. The third-order valence-electron chi connectivity index (χ3n) is 8.51. The van der Waals surface area contributed by atoms with Gasteiger partial charge < -0.3 is 23.8 Å². The number of rotatable bonds is 35. The predicted molar refractivity (Wildman–Crippen MR) is 202 cm³/mol. The molecule has 0 amide bonds. The quantitative estimate of drug-likeness (QED) is 0.0280. The number of hydrogen-bond acceptors (Lipinski definition) is 8. The summed E-state index contributed by atoms with van der Waals surface area (Å²) in [6.45, 7) is 6.39. The Labute approximate surface area is 301 Å². The summed E-state index contributed by atoms with van der Waals surface area (Å²) in [6.07, 6.45) is 32.6. The van der Waals surface area contributed by atoms with Crippen molar-refractivity contribution < 1.29 is 33.3 Å². The van der Waals surface area contributed by atoms with Crippen molar-refractivity contribution in [3.8, 4) is 0 Å². The molecule has 0 aromatic heterocycles. The molecule has 0 fully saturated rings. The number of allylic oxidation sites excluding steroid dienone is 2. The summed E-state index contributed by atoms with van der Waals surface area (Å²) in [6, 6.07) is 0. The summed E-state index contributed by atoms with van der Waals surface area (Å²) < 4.78 is 21.7. The molecular weight excluding hydrogens is 618 g/mol. The van der Waals surface area contributed by atoms with Crippen LogP contribution in [0.4, 0.5) is 4.79 Å². The molecule has 8 nitrogen and oxygen atoms in total. The molecule has 0 saturated carbocycles. The first-order valence-corrected chi connectivity index (χ1v) is 20.0. The van der Waals surface area contributed by atoms with E-state index in [1.165, 1.54) is 51.4 Å². The summed E-state index contributed by atoms with van der Waals surface area (Å²) in [5.74, 6) is -0.242. The van der Waals surface area contributed by atoms with Crippen LogP contribution in [0.1, 0.15) is 174 Å². The van der Waals surface area contributed by atoms with Crippen molar-refractivity contribution >= 4 is 18.1 Å². The molecule has 0 rings (SSSR count). The predicted octanol–water partition coefficient (Wildman–Crippen LogP) is 11.1. The lowest BCUT2D eigenvalue weighted by molar-refractivity contribution is -0.143. The van der Waals surface area contributed by atoms with Gasteiger partial charge in [-0.1, -0.05) is 115 Å². The first-order chi connectivity index (χ1) is 23.9. The van der Waals surface area contributed by atoms with E-state index in [0.29, 0.717) is 32.7 Å². The van der Waals surface area contributed by atoms with Gasteiger partial charge in [-0.2, -0.15) is 0 Å². The normalized spacial score (nSPS) is 12.2. The second-order valence-corrected chi connectivity index (χ2v) is 13.6. The average molecular weight is 694 g/mol. The van der Waals surface area contributed by atoms with Crippen LogP contribution in [-0.2, 0) is 28.5 Å². The van der Waals surface area contributed by atoms with Crippen LogP contribution in [0, 0.1) is 0 Å². The lowest BCUT2D eigenvalue weighted by atomic mass is 10.0. The maximum Gasteiger partial charge on any atom is 0.508 e. The van der Waals surface area contributed by atoms with Crippen molar-refractivity contribution in [3.63, 3.8) is 0 Å². The highest BCUT2D eigenvalue weighted by atomic mass is 16.7. The van der Waals surface area contributed by atoms with Gasteiger partial charge in [0.2, 0.25) is 0 Å². The summed E-state index contributed by atoms with van der Waals surface area (Å²) >= 11 is 0. The highest BCUT2D eigenvalue weighted by Crippen LogP contribution is 2.18. The van der Waals surface area contributed by atoms with E-state index in [1.807, 2.05) is 26.2 Å². The Kier molecular flexibility index (Phi) is 35.1. The van der Waals surface area contributed by atoms with Crippen LogP contribution in [0.15, 0.2) is 24.3 Å². The Morgan fingerprint density at radius 3 is 1.45 bits per heavy atom. The maximum absolute atomic E-state index is 12.3. The number of ether oxygens (including phenoxy) is 4. The minimum absolute atomic E-state index is 0.121. The summed E-state index contributed by atoms with van der Waals surface area (Å²) in [7, 11) is 3.99. The molecule has 0 heterocycles. The second-order valence-electron chi connectivity index (χ2n) is 13.6. The Morgan fingerprint density at radius 2 is 0.980 bits per heavy atom. The summed E-state index contributed by atoms with van der Waals surface area (Å²) in [4.78, 5) is 38.4. The minimum Gasteiger partial charge on any atom is -0.461 e. The van der Waals surface area contributed by atoms with Crippen LogP contribution in [0.2, 0.25) is 0 Å². The molecule has 8 heteroatoms. The summed E-state index contributed by atoms with van der Waals surface area (Å²) in [5, 5.41) is 0. The van der Waals surface area contributed by atoms with E-state index in [9.17, 15) is 14.4 Å². The molecule has 0 bridgehead atoms. The third-order valence-corrected chi connectivity index (χ3v) is 8.51. The van der Waals surface area contributed by atoms with Gasteiger partial charge in [-0.15, -0.1) is 0 Å². The van der Waals surface area contributed by atoms with E-state index in [4.69, 9.17) is 18.9 Å². The van der Waals surface area contributed by atoms with Crippen LogP contribution in [-0.4, -0.2) is 69.6 Å². The fraction of sp³-hybridized carbons (Fsp3) is 0.829. The number of carbonyl (C=O) groups is 3. The van der Waals surface area contributed by atoms with Crippen LogP contribution < -0.4 is 0 Å². The SMILES string of the molecule is CCCCCCC=CCOC(=O)CCCCCCCC(CCCCCCCC(=O)OCC=CCCCCCC)OC(=O)OCCCN(C)C. The van der Waals surface area contributed by atoms with Crippen molar-refractivity contribution in [1.29, 1.82) is 0 Å². The van der Waals surface area contributed by atoms with Crippen LogP contribution in [0.3, 0.4) is 0 Å². The number of nitrogens with zero attached hydrogens (tertiary/aromatic N) is 1. The average Bonchev–Trinajstić information content (AvgIpc) is 3.07. The fourth-order valence-electron chi connectivity index (χ4n) is 5.49. The Bertz CT molecular complexity index is 775. The van der Waals surface area contributed by atoms with E-state index in [0.717, 1.165) is 103 Å². The van der Waals surface area contributed by atoms with Gasteiger partial charge in [-0.05, 0) is 84.7 Å². The zero-order chi connectivity index (χ0) is 36.0. The first-order valence-electron chi connectivity index (χ1n) is 20.0. The zero-order valence-electron chi connectivity index (χ0n) is 32.2. The lowest BCUT2D eigenvalue weighted by Gasteiger charge is -2.18. The van der Waals surface area contributed by atoms with Gasteiger partial charge in [0, 0.05) is 19.4 Å². The molecule has 0 aromatic rings. The van der Waals surface area contributed by atoms with Gasteiger partial charge in [-0.3, -0.25) is 9.59 Å². The van der Waals surface area contributed by atoms with Gasteiger partial charge in [0.1, 0.15) is 19.3 Å². The van der Waals surface area contributed by atoms with Crippen molar-refractivity contribution in [1.82, 2.24) is 4.90 Å². The van der Waals surface area contributed by atoms with Crippen LogP contribution in [0.5, 0.6) is 0 Å². The van der Waals surface area contributed by atoms with Crippen molar-refractivity contribution in [2.24, 2.45) is 0 Å². The van der Waals surface area contributed by atoms with Gasteiger partial charge >= 0.3 is 18.1 Å². The number of carbonyl (C=O) groups excluding carboxylic acids is 3. The molecule has 0 aliphatic rings. The highest BCUT2D eigenvalue weighted by Gasteiger charge is 2.15. The number of unbranched alkanes of at least 4 members (excludes halogenated alkanes) is 16. The van der Waals surface area contributed by atoms with Crippen LogP contribution in [0.25, 0.3) is 0 Å². The van der Waals surface area contributed by atoms with Crippen LogP contribution >= 0.6 is 0 Å². The molecule has 0 saturated heterocycles. The van der Waals surface area contributed by atoms with E-state index >= 15 is 0 Å². The molecule has 0 spiro atoms. The molecule has 0 radical (unpaired) electrons. The van der Waals surface area contributed by atoms with E-state index in [1.54, 1.807) is 0 Å². The Hall–Kier alpha value is -2.35. The smallest absolute Gasteiger partial charge is 0.461 e. The molecule has 0 unspecified atom stereocenters. The number of esters is 2. The molecule has 0 aliphatic heterocycles. The van der Waals surface area contributed by atoms with Crippen molar-refractivity contribution in [2.45, 2.75) is 180 Å². The third kappa shape index (κ3) is 36.7. The molecule has 286 valence electrons. The van der Waals surface area contributed by atoms with E-state index in [2.05, 4.69) is 30.9 Å². The van der Waals surface area contributed by atoms with Gasteiger partial charge in [0.05, 0.1) is 6.61 Å². The topological polar surface area (TPSA) is 91.4 Å². The van der Waals surface area contributed by atoms with Crippen molar-refractivity contribution in [3.05, 3.63) is 24.3 Å². The zero-order valence-corrected chi connectivity index (χ0v) is 32.2. The standard InChI is InChI=1S/C41H75NO7/c1-5-7-9-11-13-21-27-35-46-39(43)32-25-19-15-17-23-30-38(49-41(45)48-37-29-34-42(3)4)31-24-18-16-20-26-33-40(44)47-36-28-22-14-12-10-8-6-2/h21-22,27-28,38H,5-20,23-26,29-37H2,1-4H3. The van der Waals surface area contributed by atoms with Gasteiger partial charge in [0.25, 0.3) is 0 Å². The molecule has 0 atom stereocenters. The molecule has 0 aliphatic carbocycles. The second kappa shape index (κ2) is 36.9.